The summed E-state index contributed by atoms with van der Waals surface area (Å²) in [6.07, 6.45) is 1.84. The Morgan fingerprint density at radius 3 is 2.56 bits per heavy atom. The summed E-state index contributed by atoms with van der Waals surface area (Å²) in [5, 5.41) is 10.0. The summed E-state index contributed by atoms with van der Waals surface area (Å²) in [6.45, 7) is 0.532. The zero-order valence-corrected chi connectivity index (χ0v) is 19.0. The van der Waals surface area contributed by atoms with Crippen molar-refractivity contribution < 1.29 is 19.2 Å². The molecule has 0 radical (unpaired) electrons. The predicted molar refractivity (Wildman–Crippen MR) is 129 cm³/mol. The molecule has 6 rings (SSSR count). The topological polar surface area (TPSA) is 126 Å². The van der Waals surface area contributed by atoms with Crippen molar-refractivity contribution in [3.63, 3.8) is 0 Å². The molecule has 2 aromatic carbocycles. The molecule has 0 spiro atoms. The molecule has 0 saturated carbocycles. The van der Waals surface area contributed by atoms with E-state index in [1.165, 1.54) is 0 Å². The molecule has 10 heteroatoms. The third-order valence-electron chi connectivity index (χ3n) is 6.41. The number of fused-ring (bicyclic) bond motifs is 2. The van der Waals surface area contributed by atoms with Crippen molar-refractivity contribution in [2.75, 3.05) is 5.32 Å². The van der Waals surface area contributed by atoms with Crippen molar-refractivity contribution in [3.8, 4) is 11.3 Å². The maximum Gasteiger partial charge on any atom is 0.262 e. The van der Waals surface area contributed by atoms with Gasteiger partial charge in [-0.15, -0.1) is 0 Å². The summed E-state index contributed by atoms with van der Waals surface area (Å²) in [7, 11) is 0. The number of imide groups is 2. The van der Waals surface area contributed by atoms with Crippen LogP contribution in [0.1, 0.15) is 39.1 Å². The van der Waals surface area contributed by atoms with E-state index in [2.05, 4.69) is 15.7 Å². The van der Waals surface area contributed by atoms with Gasteiger partial charge < -0.3 is 5.32 Å². The molecule has 0 bridgehead atoms. The van der Waals surface area contributed by atoms with Gasteiger partial charge in [0.1, 0.15) is 11.7 Å². The van der Waals surface area contributed by atoms with Gasteiger partial charge in [-0.3, -0.25) is 29.4 Å². The lowest BCUT2D eigenvalue weighted by Gasteiger charge is -2.27. The van der Waals surface area contributed by atoms with Crippen LogP contribution in [0.2, 0.25) is 0 Å². The van der Waals surface area contributed by atoms with Crippen LogP contribution in [0, 0.1) is 0 Å². The summed E-state index contributed by atoms with van der Waals surface area (Å²) in [5.41, 5.74) is 3.31. The lowest BCUT2D eigenvalue weighted by molar-refractivity contribution is -0.136. The molecule has 0 aliphatic carbocycles. The van der Waals surface area contributed by atoms with Crippen molar-refractivity contribution in [1.82, 2.24) is 24.8 Å². The normalized spacial score (nSPS) is 17.4. The zero-order chi connectivity index (χ0) is 24.8. The van der Waals surface area contributed by atoms with Gasteiger partial charge in [0.15, 0.2) is 11.5 Å². The highest BCUT2D eigenvalue weighted by atomic mass is 16.2. The van der Waals surface area contributed by atoms with E-state index in [4.69, 9.17) is 4.98 Å². The first kappa shape index (κ1) is 21.7. The number of hydrogen-bond donors (Lipinski definition) is 2. The van der Waals surface area contributed by atoms with Crippen molar-refractivity contribution >= 4 is 35.1 Å². The fourth-order valence-corrected chi connectivity index (χ4v) is 4.65. The van der Waals surface area contributed by atoms with Crippen molar-refractivity contribution in [2.24, 2.45) is 0 Å². The minimum absolute atomic E-state index is 0.0692. The largest absolute Gasteiger partial charge is 0.364 e. The highest BCUT2D eigenvalue weighted by molar-refractivity contribution is 6.23. The average Bonchev–Trinajstić information content (AvgIpc) is 3.38. The number of piperidine rings is 1. The monoisotopic (exact) mass is 480 g/mol. The smallest absolute Gasteiger partial charge is 0.262 e. The molecular formula is C26H20N6O4. The van der Waals surface area contributed by atoms with Crippen LogP contribution < -0.4 is 10.6 Å². The van der Waals surface area contributed by atoms with Crippen LogP contribution in [-0.4, -0.2) is 49.2 Å². The fraction of sp³-hybridized carbons (Fsp3) is 0.154. The maximum absolute atomic E-state index is 13.3. The van der Waals surface area contributed by atoms with Crippen LogP contribution >= 0.6 is 0 Å². The van der Waals surface area contributed by atoms with E-state index >= 15 is 0 Å². The number of benzene rings is 2. The van der Waals surface area contributed by atoms with Crippen LogP contribution in [0.15, 0.2) is 66.9 Å². The average molecular weight is 480 g/mol. The first-order valence-corrected chi connectivity index (χ1v) is 11.5. The van der Waals surface area contributed by atoms with Crippen molar-refractivity contribution in [1.29, 1.82) is 0 Å². The molecule has 1 fully saturated rings. The van der Waals surface area contributed by atoms with Gasteiger partial charge >= 0.3 is 0 Å². The van der Waals surface area contributed by atoms with Crippen LogP contribution in [0.5, 0.6) is 0 Å². The Labute approximate surface area is 204 Å². The third-order valence-corrected chi connectivity index (χ3v) is 6.41. The summed E-state index contributed by atoms with van der Waals surface area (Å²) >= 11 is 0. The van der Waals surface area contributed by atoms with Crippen LogP contribution in [0.4, 0.5) is 5.82 Å². The van der Waals surface area contributed by atoms with Crippen molar-refractivity contribution in [2.45, 2.75) is 25.4 Å². The number of anilines is 1. The molecule has 4 amide bonds. The van der Waals surface area contributed by atoms with E-state index in [0.29, 0.717) is 29.3 Å². The number of imidazole rings is 1. The second-order valence-corrected chi connectivity index (χ2v) is 8.65. The highest BCUT2D eigenvalue weighted by Crippen LogP contribution is 2.34. The van der Waals surface area contributed by atoms with Gasteiger partial charge in [-0.25, -0.2) is 4.98 Å². The van der Waals surface area contributed by atoms with Gasteiger partial charge in [0.25, 0.3) is 11.8 Å². The Morgan fingerprint density at radius 1 is 0.944 bits per heavy atom. The standard InChI is InChI=1S/C26H20N6O4/c33-21-11-10-19(24(34)30-21)31-25(35)17-9-8-16(13-18(17)26(31)36)22-23(27-14-15-5-2-1-3-6-15)32-20(29-22)7-4-12-28-32/h1-9,12-13,19,27H,10-11,14H2,(H,30,33,34). The fourth-order valence-electron chi connectivity index (χ4n) is 4.65. The molecule has 1 saturated heterocycles. The minimum Gasteiger partial charge on any atom is -0.364 e. The van der Waals surface area contributed by atoms with Gasteiger partial charge in [-0.1, -0.05) is 36.4 Å². The van der Waals surface area contributed by atoms with Crippen LogP contribution in [0.3, 0.4) is 0 Å². The number of amides is 4. The van der Waals surface area contributed by atoms with Gasteiger partial charge in [0, 0.05) is 24.7 Å². The number of nitrogens with zero attached hydrogens (tertiary/aromatic N) is 4. The first-order chi connectivity index (χ1) is 17.5. The Bertz CT molecular complexity index is 1560. The molecule has 10 nitrogen and oxygen atoms in total. The molecule has 2 aliphatic rings. The van der Waals surface area contributed by atoms with E-state index in [1.807, 2.05) is 36.4 Å². The van der Waals surface area contributed by atoms with Gasteiger partial charge in [0.05, 0.1) is 11.1 Å². The zero-order valence-electron chi connectivity index (χ0n) is 19.0. The molecule has 2 N–H and O–H groups in total. The van der Waals surface area contributed by atoms with Crippen LogP contribution in [0.25, 0.3) is 16.9 Å². The molecule has 4 aromatic rings. The number of aromatic nitrogens is 3. The Hall–Kier alpha value is -4.86. The van der Waals surface area contributed by atoms with E-state index < -0.39 is 29.7 Å². The van der Waals surface area contributed by atoms with Crippen molar-refractivity contribution in [3.05, 3.63) is 83.6 Å². The first-order valence-electron chi connectivity index (χ1n) is 11.5. The maximum atomic E-state index is 13.3. The number of rotatable bonds is 5. The highest BCUT2D eigenvalue weighted by Gasteiger charge is 2.44. The second kappa shape index (κ2) is 8.42. The van der Waals surface area contributed by atoms with Crippen LogP contribution in [-0.2, 0) is 16.1 Å². The van der Waals surface area contributed by atoms with Gasteiger partial charge in [0.2, 0.25) is 11.8 Å². The molecule has 2 aliphatic heterocycles. The van der Waals surface area contributed by atoms with Gasteiger partial charge in [-0.2, -0.15) is 9.61 Å². The number of carbonyl (C=O) groups excluding carboxylic acids is 4. The quantitative estimate of drug-likeness (QED) is 0.420. The third kappa shape index (κ3) is 3.50. The Kier molecular flexibility index (Phi) is 5.06. The molecule has 1 unspecified atom stereocenters. The number of carbonyl (C=O) groups is 4. The predicted octanol–water partition coefficient (Wildman–Crippen LogP) is 2.41. The molecule has 178 valence electrons. The summed E-state index contributed by atoms with van der Waals surface area (Å²) in [5.74, 6) is -1.51. The van der Waals surface area contributed by atoms with E-state index in [1.54, 1.807) is 35.0 Å². The second-order valence-electron chi connectivity index (χ2n) is 8.65. The minimum atomic E-state index is -1.01. The van der Waals surface area contributed by atoms with E-state index in [0.717, 1.165) is 10.5 Å². The number of hydrogen-bond acceptors (Lipinski definition) is 7. The Morgan fingerprint density at radius 2 is 1.75 bits per heavy atom. The number of nitrogens with one attached hydrogen (secondary N) is 2. The molecule has 1 atom stereocenters. The van der Waals surface area contributed by atoms with E-state index in [-0.39, 0.29) is 24.0 Å². The lowest BCUT2D eigenvalue weighted by Crippen LogP contribution is -2.54. The molecular weight excluding hydrogens is 460 g/mol. The Balaban J connectivity index is 1.37. The van der Waals surface area contributed by atoms with E-state index in [9.17, 15) is 19.2 Å². The molecule has 2 aromatic heterocycles. The summed E-state index contributed by atoms with van der Waals surface area (Å²) in [4.78, 5) is 55.9. The molecule has 4 heterocycles. The summed E-state index contributed by atoms with van der Waals surface area (Å²) < 4.78 is 1.69. The van der Waals surface area contributed by atoms with Gasteiger partial charge in [-0.05, 0) is 36.2 Å². The lowest BCUT2D eigenvalue weighted by atomic mass is 10.0. The SMILES string of the molecule is O=C1CCC(N2C(=O)c3ccc(-c4nc5cccnn5c4NCc4ccccc4)cc3C2=O)C(=O)N1. The summed E-state index contributed by atoms with van der Waals surface area (Å²) in [6, 6.07) is 17.4. The molecule has 36 heavy (non-hydrogen) atoms.